The number of aryl methyl sites for hydroxylation is 2. The Kier molecular flexibility index (Phi) is 4.62. The number of nitrogens with two attached hydrogens (primary N) is 1. The first-order valence-electron chi connectivity index (χ1n) is 7.23. The summed E-state index contributed by atoms with van der Waals surface area (Å²) in [6.07, 6.45) is 5.50. The fourth-order valence-corrected chi connectivity index (χ4v) is 2.80. The van der Waals surface area contributed by atoms with E-state index in [-0.39, 0.29) is 24.0 Å². The topological polar surface area (TPSA) is 50.4 Å². The molecule has 4 heteroatoms. The highest BCUT2D eigenvalue weighted by atomic mass is 127. The molecular formula is C16H24IN3. The molecule has 1 aromatic carbocycles. The van der Waals surface area contributed by atoms with Crippen molar-refractivity contribution in [1.82, 2.24) is 0 Å². The van der Waals surface area contributed by atoms with Crippen molar-refractivity contribution in [3.05, 3.63) is 29.3 Å². The first kappa shape index (κ1) is 15.6. The Bertz CT molecular complexity index is 516. The largest absolute Gasteiger partial charge is 0.370 e. The van der Waals surface area contributed by atoms with Crippen LogP contribution in [0.25, 0.3) is 0 Å². The Hall–Kier alpha value is -0.780. The minimum Gasteiger partial charge on any atom is -0.370 e. The molecule has 0 spiro atoms. The van der Waals surface area contributed by atoms with Gasteiger partial charge in [0.2, 0.25) is 0 Å². The van der Waals surface area contributed by atoms with Crippen LogP contribution in [0.3, 0.4) is 0 Å². The second kappa shape index (κ2) is 5.92. The van der Waals surface area contributed by atoms with E-state index in [4.69, 9.17) is 5.73 Å². The highest BCUT2D eigenvalue weighted by Gasteiger charge is 2.53. The minimum absolute atomic E-state index is 0. The SMILES string of the molecule is Cc1ccc(NC(N)=NCC2(C3CC3)CC2)cc1C.I. The van der Waals surface area contributed by atoms with Gasteiger partial charge in [-0.15, -0.1) is 24.0 Å². The van der Waals surface area contributed by atoms with Crippen molar-refractivity contribution in [1.29, 1.82) is 0 Å². The molecule has 3 N–H and O–H groups in total. The molecule has 3 rings (SSSR count). The summed E-state index contributed by atoms with van der Waals surface area (Å²) >= 11 is 0. The summed E-state index contributed by atoms with van der Waals surface area (Å²) in [5.41, 5.74) is 10.1. The molecule has 110 valence electrons. The van der Waals surface area contributed by atoms with Gasteiger partial charge >= 0.3 is 0 Å². The van der Waals surface area contributed by atoms with E-state index >= 15 is 0 Å². The molecule has 3 nitrogen and oxygen atoms in total. The zero-order valence-corrected chi connectivity index (χ0v) is 14.6. The molecule has 0 saturated heterocycles. The van der Waals surface area contributed by atoms with Crippen LogP contribution in [0.2, 0.25) is 0 Å². The van der Waals surface area contributed by atoms with E-state index in [1.165, 1.54) is 36.8 Å². The van der Waals surface area contributed by atoms with E-state index in [2.05, 4.69) is 42.4 Å². The number of hydrogen-bond donors (Lipinski definition) is 2. The summed E-state index contributed by atoms with van der Waals surface area (Å²) in [7, 11) is 0. The molecule has 0 heterocycles. The molecule has 1 aromatic rings. The van der Waals surface area contributed by atoms with Gasteiger partial charge < -0.3 is 11.1 Å². The number of hydrogen-bond acceptors (Lipinski definition) is 1. The van der Waals surface area contributed by atoms with Crippen molar-refractivity contribution >= 4 is 35.6 Å². The molecule has 0 atom stereocenters. The molecule has 2 aliphatic rings. The number of nitrogens with one attached hydrogen (secondary N) is 1. The lowest BCUT2D eigenvalue weighted by atomic mass is 10.0. The quantitative estimate of drug-likeness (QED) is 0.470. The van der Waals surface area contributed by atoms with Crippen LogP contribution >= 0.6 is 24.0 Å². The number of rotatable bonds is 4. The number of aliphatic imine (C=N–C) groups is 1. The van der Waals surface area contributed by atoms with Gasteiger partial charge in [-0.2, -0.15) is 0 Å². The van der Waals surface area contributed by atoms with Crippen LogP contribution in [0.4, 0.5) is 5.69 Å². The van der Waals surface area contributed by atoms with Crippen LogP contribution in [0, 0.1) is 25.2 Å². The van der Waals surface area contributed by atoms with Crippen LogP contribution in [0.1, 0.15) is 36.8 Å². The third-order valence-corrected chi connectivity index (χ3v) is 4.68. The van der Waals surface area contributed by atoms with Crippen molar-refractivity contribution in [3.8, 4) is 0 Å². The highest BCUT2D eigenvalue weighted by molar-refractivity contribution is 14.0. The molecule has 2 saturated carbocycles. The fourth-order valence-electron chi connectivity index (χ4n) is 2.80. The summed E-state index contributed by atoms with van der Waals surface area (Å²) < 4.78 is 0. The average molecular weight is 385 g/mol. The maximum atomic E-state index is 5.99. The number of nitrogens with zero attached hydrogens (tertiary/aromatic N) is 1. The Morgan fingerprint density at radius 2 is 2.00 bits per heavy atom. The Labute approximate surface area is 138 Å². The van der Waals surface area contributed by atoms with E-state index in [1.807, 2.05) is 0 Å². The lowest BCUT2D eigenvalue weighted by Gasteiger charge is -2.12. The van der Waals surface area contributed by atoms with Gasteiger partial charge in [-0.25, -0.2) is 0 Å². The van der Waals surface area contributed by atoms with E-state index in [1.54, 1.807) is 0 Å². The maximum Gasteiger partial charge on any atom is 0.193 e. The first-order valence-corrected chi connectivity index (χ1v) is 7.23. The van der Waals surface area contributed by atoms with Gasteiger partial charge in [0, 0.05) is 12.2 Å². The van der Waals surface area contributed by atoms with Gasteiger partial charge in [-0.3, -0.25) is 4.99 Å². The number of guanidine groups is 1. The number of anilines is 1. The zero-order valence-electron chi connectivity index (χ0n) is 12.3. The van der Waals surface area contributed by atoms with E-state index in [0.29, 0.717) is 11.4 Å². The predicted molar refractivity (Wildman–Crippen MR) is 95.8 cm³/mol. The number of halogens is 1. The summed E-state index contributed by atoms with van der Waals surface area (Å²) in [4.78, 5) is 4.55. The van der Waals surface area contributed by atoms with Gasteiger partial charge in [0.25, 0.3) is 0 Å². The lowest BCUT2D eigenvalue weighted by molar-refractivity contribution is 0.454. The standard InChI is InChI=1S/C16H23N3.HI/c1-11-3-6-14(9-12(11)2)19-15(17)18-10-16(7-8-16)13-4-5-13;/h3,6,9,13H,4-5,7-8,10H2,1-2H3,(H3,17,18,19);1H. The summed E-state index contributed by atoms with van der Waals surface area (Å²) in [6.45, 7) is 5.13. The Balaban J connectivity index is 0.00000147. The molecule has 0 unspecified atom stereocenters. The maximum absolute atomic E-state index is 5.99. The molecule has 0 bridgehead atoms. The third-order valence-electron chi connectivity index (χ3n) is 4.68. The molecule has 0 aromatic heterocycles. The highest BCUT2D eigenvalue weighted by Crippen LogP contribution is 2.61. The third kappa shape index (κ3) is 3.45. The second-order valence-corrected chi connectivity index (χ2v) is 6.26. The summed E-state index contributed by atoms with van der Waals surface area (Å²) in [6, 6.07) is 6.28. The molecule has 0 radical (unpaired) electrons. The van der Waals surface area contributed by atoms with Crippen molar-refractivity contribution in [2.75, 3.05) is 11.9 Å². The van der Waals surface area contributed by atoms with Crippen LogP contribution in [-0.2, 0) is 0 Å². The van der Waals surface area contributed by atoms with E-state index in [9.17, 15) is 0 Å². The minimum atomic E-state index is 0. The van der Waals surface area contributed by atoms with Crippen molar-refractivity contribution in [2.24, 2.45) is 22.1 Å². The van der Waals surface area contributed by atoms with E-state index in [0.717, 1.165) is 18.2 Å². The van der Waals surface area contributed by atoms with Crippen LogP contribution in [0.15, 0.2) is 23.2 Å². The number of benzene rings is 1. The first-order chi connectivity index (χ1) is 9.09. The van der Waals surface area contributed by atoms with Crippen LogP contribution in [-0.4, -0.2) is 12.5 Å². The van der Waals surface area contributed by atoms with Crippen molar-refractivity contribution < 1.29 is 0 Å². The van der Waals surface area contributed by atoms with E-state index < -0.39 is 0 Å². The lowest BCUT2D eigenvalue weighted by Crippen LogP contribution is -2.24. The molecule has 20 heavy (non-hydrogen) atoms. The molecule has 2 aliphatic carbocycles. The zero-order chi connectivity index (χ0) is 13.5. The molecule has 2 fully saturated rings. The Morgan fingerprint density at radius 1 is 1.30 bits per heavy atom. The molecule has 0 aliphatic heterocycles. The van der Waals surface area contributed by atoms with Crippen molar-refractivity contribution in [2.45, 2.75) is 39.5 Å². The summed E-state index contributed by atoms with van der Waals surface area (Å²) in [5, 5.41) is 3.20. The summed E-state index contributed by atoms with van der Waals surface area (Å²) in [5.74, 6) is 1.49. The predicted octanol–water partition coefficient (Wildman–Crippen LogP) is 3.84. The molecular weight excluding hydrogens is 361 g/mol. The second-order valence-electron chi connectivity index (χ2n) is 6.26. The van der Waals surface area contributed by atoms with Gasteiger partial charge in [-0.05, 0) is 74.1 Å². The van der Waals surface area contributed by atoms with Gasteiger partial charge in [-0.1, -0.05) is 6.07 Å². The fraction of sp³-hybridized carbons (Fsp3) is 0.562. The van der Waals surface area contributed by atoms with Crippen molar-refractivity contribution in [3.63, 3.8) is 0 Å². The molecule has 0 amide bonds. The van der Waals surface area contributed by atoms with Gasteiger partial charge in [0.05, 0.1) is 0 Å². The van der Waals surface area contributed by atoms with Gasteiger partial charge in [0.1, 0.15) is 0 Å². The normalized spacial score (nSPS) is 20.2. The van der Waals surface area contributed by atoms with Gasteiger partial charge in [0.15, 0.2) is 5.96 Å². The smallest absolute Gasteiger partial charge is 0.193 e. The van der Waals surface area contributed by atoms with Crippen LogP contribution in [0.5, 0.6) is 0 Å². The monoisotopic (exact) mass is 385 g/mol. The Morgan fingerprint density at radius 3 is 2.55 bits per heavy atom. The van der Waals surface area contributed by atoms with Crippen LogP contribution < -0.4 is 11.1 Å². The average Bonchev–Trinajstić information content (AvgIpc) is 3.25.